The molecule has 1 aliphatic rings. The van der Waals surface area contributed by atoms with Gasteiger partial charge in [0.15, 0.2) is 5.16 Å². The lowest BCUT2D eigenvalue weighted by atomic mass is 10.1. The molecule has 0 spiro atoms. The topological polar surface area (TPSA) is 78.4 Å². The van der Waals surface area contributed by atoms with E-state index in [9.17, 15) is 14.0 Å². The molecule has 1 saturated heterocycles. The third-order valence-corrected chi connectivity index (χ3v) is 6.70. The fourth-order valence-electron chi connectivity index (χ4n) is 3.83. The van der Waals surface area contributed by atoms with E-state index in [1.165, 1.54) is 30.3 Å². The van der Waals surface area contributed by atoms with E-state index in [4.69, 9.17) is 11.6 Å². The molecule has 1 atom stereocenters. The number of anilines is 1. The molecule has 2 heterocycles. The molecule has 10 heteroatoms. The Bertz CT molecular complexity index is 996. The van der Waals surface area contributed by atoms with Gasteiger partial charge in [-0.25, -0.2) is 14.4 Å². The summed E-state index contributed by atoms with van der Waals surface area (Å²) in [6, 6.07) is 7.56. The number of halogens is 2. The van der Waals surface area contributed by atoms with Gasteiger partial charge < -0.3 is 15.1 Å². The number of hydrogen-bond donors (Lipinski definition) is 1. The van der Waals surface area contributed by atoms with Gasteiger partial charge in [-0.05, 0) is 25.5 Å². The van der Waals surface area contributed by atoms with Gasteiger partial charge in [-0.2, -0.15) is 0 Å². The van der Waals surface area contributed by atoms with Crippen LogP contribution in [0, 0.1) is 5.82 Å². The maximum Gasteiger partial charge on any atom is 0.257 e. The van der Waals surface area contributed by atoms with E-state index < -0.39 is 5.82 Å². The van der Waals surface area contributed by atoms with Crippen LogP contribution < -0.4 is 10.2 Å². The zero-order valence-electron chi connectivity index (χ0n) is 19.6. The molecule has 1 aromatic heterocycles. The molecule has 1 aliphatic heterocycles. The van der Waals surface area contributed by atoms with Crippen molar-refractivity contribution in [3.8, 4) is 0 Å². The van der Waals surface area contributed by atoms with Crippen LogP contribution in [0.15, 0.2) is 35.5 Å². The number of piperazine rings is 1. The van der Waals surface area contributed by atoms with Crippen molar-refractivity contribution in [2.45, 2.75) is 50.7 Å². The van der Waals surface area contributed by atoms with E-state index in [0.29, 0.717) is 42.3 Å². The third-order valence-electron chi connectivity index (χ3n) is 5.66. The molecule has 1 aromatic carbocycles. The lowest BCUT2D eigenvalue weighted by Crippen LogP contribution is -2.54. The van der Waals surface area contributed by atoms with Crippen LogP contribution in [0.2, 0.25) is 5.15 Å². The van der Waals surface area contributed by atoms with E-state index in [0.717, 1.165) is 19.3 Å². The molecule has 0 radical (unpaired) electrons. The molecule has 2 amide bonds. The molecular formula is C24H31ClFN5O2S. The lowest BCUT2D eigenvalue weighted by molar-refractivity contribution is -0.118. The fraction of sp³-hybridized carbons (Fsp3) is 0.500. The van der Waals surface area contributed by atoms with Crippen molar-refractivity contribution in [3.63, 3.8) is 0 Å². The minimum atomic E-state index is -0.517. The van der Waals surface area contributed by atoms with E-state index in [1.54, 1.807) is 23.1 Å². The highest BCUT2D eigenvalue weighted by atomic mass is 35.5. The van der Waals surface area contributed by atoms with Crippen molar-refractivity contribution < 1.29 is 14.0 Å². The quantitative estimate of drug-likeness (QED) is 0.222. The Morgan fingerprint density at radius 1 is 1.21 bits per heavy atom. The number of benzene rings is 1. The summed E-state index contributed by atoms with van der Waals surface area (Å²) in [5, 5.41) is 3.65. The smallest absolute Gasteiger partial charge is 0.257 e. The number of rotatable bonds is 10. The summed E-state index contributed by atoms with van der Waals surface area (Å²) >= 11 is 7.47. The fourth-order valence-corrected chi connectivity index (χ4v) is 4.74. The average Bonchev–Trinajstić information content (AvgIpc) is 2.82. The number of amides is 2. The summed E-state index contributed by atoms with van der Waals surface area (Å²) in [7, 11) is 0. The first-order valence-electron chi connectivity index (χ1n) is 11.6. The van der Waals surface area contributed by atoms with E-state index in [2.05, 4.69) is 22.2 Å². The predicted octanol–water partition coefficient (Wildman–Crippen LogP) is 4.41. The number of nitrogens with zero attached hydrogens (tertiary/aromatic N) is 4. The third kappa shape index (κ3) is 7.30. The van der Waals surface area contributed by atoms with Gasteiger partial charge in [0.1, 0.15) is 16.8 Å². The van der Waals surface area contributed by atoms with Crippen molar-refractivity contribution in [1.82, 2.24) is 20.2 Å². The lowest BCUT2D eigenvalue weighted by Gasteiger charge is -2.40. The van der Waals surface area contributed by atoms with Crippen LogP contribution in [0.1, 0.15) is 49.9 Å². The van der Waals surface area contributed by atoms with Crippen molar-refractivity contribution in [3.05, 3.63) is 46.9 Å². The van der Waals surface area contributed by atoms with Gasteiger partial charge in [0.05, 0.1) is 11.3 Å². The van der Waals surface area contributed by atoms with Crippen LogP contribution in [0.4, 0.5) is 10.2 Å². The van der Waals surface area contributed by atoms with Crippen LogP contribution in [0.5, 0.6) is 0 Å². The second-order valence-electron chi connectivity index (χ2n) is 8.30. The number of hydrogen-bond acceptors (Lipinski definition) is 6. The van der Waals surface area contributed by atoms with Crippen molar-refractivity contribution in [1.29, 1.82) is 0 Å². The zero-order chi connectivity index (χ0) is 24.5. The second kappa shape index (κ2) is 12.9. The van der Waals surface area contributed by atoms with Crippen LogP contribution >= 0.6 is 23.4 Å². The van der Waals surface area contributed by atoms with Crippen LogP contribution in [0.25, 0.3) is 0 Å². The standard InChI is InChI=1S/C24H31ClFN5O2S/c1-3-4-5-8-11-27-22(32)16-34-24-28-20(25)14-21(29-24)30-12-13-31(17(2)15-30)23(33)18-9-6-7-10-19(18)26/h6-7,9-10,14,17H,3-5,8,11-13,15-16H2,1-2H3,(H,27,32). The maximum atomic E-state index is 14.1. The molecule has 184 valence electrons. The van der Waals surface area contributed by atoms with Crippen molar-refractivity contribution >= 4 is 41.0 Å². The summed E-state index contributed by atoms with van der Waals surface area (Å²) in [6.45, 7) is 6.23. The molecule has 2 aromatic rings. The first-order chi connectivity index (χ1) is 16.4. The molecule has 1 N–H and O–H groups in total. The van der Waals surface area contributed by atoms with Gasteiger partial charge in [0, 0.05) is 38.3 Å². The molecule has 0 saturated carbocycles. The van der Waals surface area contributed by atoms with E-state index in [-0.39, 0.29) is 29.2 Å². The molecule has 0 aliphatic carbocycles. The van der Waals surface area contributed by atoms with Crippen LogP contribution in [-0.2, 0) is 4.79 Å². The second-order valence-corrected chi connectivity index (χ2v) is 9.63. The van der Waals surface area contributed by atoms with Gasteiger partial charge in [-0.1, -0.05) is 61.7 Å². The Kier molecular flexibility index (Phi) is 9.95. The van der Waals surface area contributed by atoms with Crippen molar-refractivity contribution in [2.24, 2.45) is 0 Å². The van der Waals surface area contributed by atoms with Crippen LogP contribution in [-0.4, -0.2) is 64.7 Å². The normalized spacial score (nSPS) is 15.9. The Hall–Kier alpha value is -2.39. The number of carbonyl (C=O) groups excluding carboxylic acids is 2. The molecule has 1 unspecified atom stereocenters. The zero-order valence-corrected chi connectivity index (χ0v) is 21.2. The summed E-state index contributed by atoms with van der Waals surface area (Å²) in [5.74, 6) is -0.0263. The van der Waals surface area contributed by atoms with Gasteiger partial charge in [-0.3, -0.25) is 9.59 Å². The maximum absolute atomic E-state index is 14.1. The minimum absolute atomic E-state index is 0.0551. The molecule has 1 fully saturated rings. The first kappa shape index (κ1) is 26.2. The van der Waals surface area contributed by atoms with Crippen LogP contribution in [0.3, 0.4) is 0 Å². The molecule has 3 rings (SSSR count). The molecule has 34 heavy (non-hydrogen) atoms. The van der Waals surface area contributed by atoms with Gasteiger partial charge in [0.2, 0.25) is 5.91 Å². The highest BCUT2D eigenvalue weighted by Gasteiger charge is 2.30. The van der Waals surface area contributed by atoms with Crippen molar-refractivity contribution in [2.75, 3.05) is 36.8 Å². The average molecular weight is 508 g/mol. The Labute approximate surface area is 209 Å². The number of carbonyl (C=O) groups is 2. The summed E-state index contributed by atoms with van der Waals surface area (Å²) in [6.07, 6.45) is 4.43. The van der Waals surface area contributed by atoms with E-state index in [1.807, 2.05) is 11.8 Å². The largest absolute Gasteiger partial charge is 0.355 e. The number of nitrogens with one attached hydrogen (secondary N) is 1. The van der Waals surface area contributed by atoms with Gasteiger partial charge in [-0.15, -0.1) is 0 Å². The number of thioether (sulfide) groups is 1. The SMILES string of the molecule is CCCCCCNC(=O)CSc1nc(Cl)cc(N2CCN(C(=O)c3ccccc3F)C(C)C2)n1. The Morgan fingerprint density at radius 3 is 2.74 bits per heavy atom. The molecule has 0 bridgehead atoms. The highest BCUT2D eigenvalue weighted by Crippen LogP contribution is 2.25. The minimum Gasteiger partial charge on any atom is -0.355 e. The summed E-state index contributed by atoms with van der Waals surface area (Å²) < 4.78 is 14.1. The first-order valence-corrected chi connectivity index (χ1v) is 13.0. The summed E-state index contributed by atoms with van der Waals surface area (Å²) in [5.41, 5.74) is 0.0789. The monoisotopic (exact) mass is 507 g/mol. The van der Waals surface area contributed by atoms with Gasteiger partial charge >= 0.3 is 0 Å². The van der Waals surface area contributed by atoms with E-state index >= 15 is 0 Å². The molecular weight excluding hydrogens is 477 g/mol. The summed E-state index contributed by atoms with van der Waals surface area (Å²) in [4.78, 5) is 37.5. The van der Waals surface area contributed by atoms with Gasteiger partial charge in [0.25, 0.3) is 5.91 Å². The number of unbranched alkanes of at least 4 members (excludes halogenated alkanes) is 3. The molecule has 7 nitrogen and oxygen atoms in total. The Balaban J connectivity index is 1.56. The Morgan fingerprint density at radius 2 is 2.00 bits per heavy atom. The predicted molar refractivity (Wildman–Crippen MR) is 134 cm³/mol. The number of aromatic nitrogens is 2. The highest BCUT2D eigenvalue weighted by molar-refractivity contribution is 7.99.